The average Bonchev–Trinajstić information content (AvgIpc) is 2.76. The van der Waals surface area contributed by atoms with Gasteiger partial charge in [0.25, 0.3) is 0 Å². The maximum atomic E-state index is 13.3. The summed E-state index contributed by atoms with van der Waals surface area (Å²) in [6.07, 6.45) is 3.60. The van der Waals surface area contributed by atoms with Crippen molar-refractivity contribution in [3.8, 4) is 0 Å². The van der Waals surface area contributed by atoms with Crippen LogP contribution in [0.1, 0.15) is 0 Å². The highest BCUT2D eigenvalue weighted by Crippen LogP contribution is 2.19. The Morgan fingerprint density at radius 2 is 2.31 bits per heavy atom. The highest BCUT2D eigenvalue weighted by molar-refractivity contribution is 9.10. The lowest BCUT2D eigenvalue weighted by molar-refractivity contribution is 0.617. The van der Waals surface area contributed by atoms with Crippen LogP contribution in [0, 0.1) is 5.82 Å². The van der Waals surface area contributed by atoms with Gasteiger partial charge >= 0.3 is 0 Å². The first kappa shape index (κ1) is 11.1. The summed E-state index contributed by atoms with van der Waals surface area (Å²) in [4.78, 5) is 0. The largest absolute Gasteiger partial charge is 0.381 e. The zero-order chi connectivity index (χ0) is 11.4. The summed E-state index contributed by atoms with van der Waals surface area (Å²) in [6.45, 7) is 1.34. The van der Waals surface area contributed by atoms with Crippen LogP contribution in [0.3, 0.4) is 0 Å². The van der Waals surface area contributed by atoms with Crippen LogP contribution in [0.15, 0.2) is 41.1 Å². The summed E-state index contributed by atoms with van der Waals surface area (Å²) in [6, 6.07) is 6.69. The molecule has 0 saturated heterocycles. The lowest BCUT2D eigenvalue weighted by Crippen LogP contribution is -2.11. The summed E-state index contributed by atoms with van der Waals surface area (Å²) < 4.78 is 16.0. The van der Waals surface area contributed by atoms with Crippen molar-refractivity contribution in [1.82, 2.24) is 9.78 Å². The third-order valence-electron chi connectivity index (χ3n) is 2.14. The number of anilines is 1. The first-order valence-electron chi connectivity index (χ1n) is 4.92. The standard InChI is InChI=1S/C11H11BrFN3/c12-9-2-3-10(13)11(8-9)14-5-7-16-6-1-4-15-16/h1-4,6,8,14H,5,7H2. The van der Waals surface area contributed by atoms with Crippen LogP contribution < -0.4 is 5.32 Å². The van der Waals surface area contributed by atoms with Crippen molar-refractivity contribution in [1.29, 1.82) is 0 Å². The summed E-state index contributed by atoms with van der Waals surface area (Å²) >= 11 is 3.30. The van der Waals surface area contributed by atoms with E-state index in [9.17, 15) is 4.39 Å². The zero-order valence-electron chi connectivity index (χ0n) is 8.53. The van der Waals surface area contributed by atoms with Gasteiger partial charge in [0.15, 0.2) is 0 Å². The minimum absolute atomic E-state index is 0.247. The Balaban J connectivity index is 1.92. The van der Waals surface area contributed by atoms with Gasteiger partial charge < -0.3 is 5.32 Å². The first-order valence-corrected chi connectivity index (χ1v) is 5.71. The van der Waals surface area contributed by atoms with E-state index in [4.69, 9.17) is 0 Å². The highest BCUT2D eigenvalue weighted by Gasteiger charge is 2.01. The number of benzene rings is 1. The Kier molecular flexibility index (Phi) is 3.56. The van der Waals surface area contributed by atoms with Gasteiger partial charge in [0, 0.05) is 23.4 Å². The van der Waals surface area contributed by atoms with Crippen LogP contribution in [0.25, 0.3) is 0 Å². The van der Waals surface area contributed by atoms with Gasteiger partial charge in [-0.05, 0) is 24.3 Å². The van der Waals surface area contributed by atoms with E-state index in [0.29, 0.717) is 18.8 Å². The number of halogens is 2. The summed E-state index contributed by atoms with van der Waals surface area (Å²) in [5.41, 5.74) is 0.501. The molecule has 3 nitrogen and oxygen atoms in total. The van der Waals surface area contributed by atoms with Gasteiger partial charge in [0.05, 0.1) is 12.2 Å². The quantitative estimate of drug-likeness (QED) is 0.935. The third-order valence-corrected chi connectivity index (χ3v) is 2.64. The number of nitrogens with one attached hydrogen (secondary N) is 1. The number of aromatic nitrogens is 2. The third kappa shape index (κ3) is 2.82. The Hall–Kier alpha value is -1.36. The molecular formula is C11H11BrFN3. The predicted molar refractivity (Wildman–Crippen MR) is 64.8 cm³/mol. The maximum absolute atomic E-state index is 13.3. The molecule has 84 valence electrons. The van der Waals surface area contributed by atoms with E-state index in [2.05, 4.69) is 26.3 Å². The second kappa shape index (κ2) is 5.12. The van der Waals surface area contributed by atoms with E-state index >= 15 is 0 Å². The Morgan fingerprint density at radius 3 is 3.06 bits per heavy atom. The van der Waals surface area contributed by atoms with Crippen LogP contribution in [0.4, 0.5) is 10.1 Å². The monoisotopic (exact) mass is 283 g/mol. The lowest BCUT2D eigenvalue weighted by atomic mass is 10.3. The van der Waals surface area contributed by atoms with Gasteiger partial charge in [0.2, 0.25) is 0 Å². The van der Waals surface area contributed by atoms with Gasteiger partial charge in [0.1, 0.15) is 5.82 Å². The summed E-state index contributed by atoms with van der Waals surface area (Å²) in [7, 11) is 0. The van der Waals surface area contributed by atoms with Crippen molar-refractivity contribution in [2.75, 3.05) is 11.9 Å². The molecule has 2 rings (SSSR count). The van der Waals surface area contributed by atoms with Crippen molar-refractivity contribution in [2.24, 2.45) is 0 Å². The number of nitrogens with zero attached hydrogens (tertiary/aromatic N) is 2. The molecule has 0 saturated carbocycles. The normalized spacial score (nSPS) is 10.4. The summed E-state index contributed by atoms with van der Waals surface area (Å²) in [5.74, 6) is -0.247. The van der Waals surface area contributed by atoms with Gasteiger partial charge in [-0.25, -0.2) is 4.39 Å². The fourth-order valence-electron chi connectivity index (χ4n) is 1.37. The van der Waals surface area contributed by atoms with E-state index < -0.39 is 0 Å². The molecule has 0 aliphatic carbocycles. The minimum Gasteiger partial charge on any atom is -0.381 e. The Morgan fingerprint density at radius 1 is 1.44 bits per heavy atom. The second-order valence-electron chi connectivity index (χ2n) is 3.32. The molecule has 5 heteroatoms. The fourth-order valence-corrected chi connectivity index (χ4v) is 1.73. The van der Waals surface area contributed by atoms with Crippen molar-refractivity contribution in [3.63, 3.8) is 0 Å². The molecule has 16 heavy (non-hydrogen) atoms. The van der Waals surface area contributed by atoms with Crippen LogP contribution >= 0.6 is 15.9 Å². The number of rotatable bonds is 4. The van der Waals surface area contributed by atoms with Crippen LogP contribution in [-0.2, 0) is 6.54 Å². The SMILES string of the molecule is Fc1ccc(Br)cc1NCCn1cccn1. The average molecular weight is 284 g/mol. The van der Waals surface area contributed by atoms with Crippen LogP contribution in [-0.4, -0.2) is 16.3 Å². The topological polar surface area (TPSA) is 29.9 Å². The molecule has 0 amide bonds. The van der Waals surface area contributed by atoms with Gasteiger partial charge in [-0.15, -0.1) is 0 Å². The zero-order valence-corrected chi connectivity index (χ0v) is 10.1. The molecule has 0 unspecified atom stereocenters. The number of hydrogen-bond acceptors (Lipinski definition) is 2. The molecule has 1 aromatic heterocycles. The summed E-state index contributed by atoms with van der Waals surface area (Å²) in [5, 5.41) is 7.09. The van der Waals surface area contributed by atoms with Crippen molar-refractivity contribution < 1.29 is 4.39 Å². The fraction of sp³-hybridized carbons (Fsp3) is 0.182. The molecule has 0 aliphatic heterocycles. The van der Waals surface area contributed by atoms with E-state index in [-0.39, 0.29) is 5.82 Å². The van der Waals surface area contributed by atoms with Gasteiger partial charge in [-0.3, -0.25) is 4.68 Å². The smallest absolute Gasteiger partial charge is 0.146 e. The van der Waals surface area contributed by atoms with Gasteiger partial charge in [-0.2, -0.15) is 5.10 Å². The molecule has 1 heterocycles. The first-order chi connectivity index (χ1) is 7.75. The molecule has 0 bridgehead atoms. The molecule has 0 spiro atoms. The molecule has 1 N–H and O–H groups in total. The van der Waals surface area contributed by atoms with E-state index in [1.165, 1.54) is 6.07 Å². The molecule has 0 atom stereocenters. The molecular weight excluding hydrogens is 273 g/mol. The number of hydrogen-bond donors (Lipinski definition) is 1. The van der Waals surface area contributed by atoms with Gasteiger partial charge in [-0.1, -0.05) is 15.9 Å². The van der Waals surface area contributed by atoms with Crippen LogP contribution in [0.2, 0.25) is 0 Å². The van der Waals surface area contributed by atoms with E-state index in [1.807, 2.05) is 12.3 Å². The van der Waals surface area contributed by atoms with E-state index in [0.717, 1.165) is 4.47 Å². The Labute approximate surface area is 101 Å². The molecule has 0 radical (unpaired) electrons. The van der Waals surface area contributed by atoms with Crippen molar-refractivity contribution in [2.45, 2.75) is 6.54 Å². The van der Waals surface area contributed by atoms with Crippen molar-refractivity contribution >= 4 is 21.6 Å². The van der Waals surface area contributed by atoms with Crippen LogP contribution in [0.5, 0.6) is 0 Å². The lowest BCUT2D eigenvalue weighted by Gasteiger charge is -2.08. The highest BCUT2D eigenvalue weighted by atomic mass is 79.9. The Bertz CT molecular complexity index is 456. The molecule has 0 fully saturated rings. The second-order valence-corrected chi connectivity index (χ2v) is 4.24. The maximum Gasteiger partial charge on any atom is 0.146 e. The van der Waals surface area contributed by atoms with Crippen molar-refractivity contribution in [3.05, 3.63) is 46.9 Å². The predicted octanol–water partition coefficient (Wildman–Crippen LogP) is 2.90. The minimum atomic E-state index is -0.247. The molecule has 1 aromatic carbocycles. The molecule has 2 aromatic rings. The molecule has 0 aliphatic rings. The van der Waals surface area contributed by atoms with E-state index in [1.54, 1.807) is 23.0 Å².